The van der Waals surface area contributed by atoms with Gasteiger partial charge < -0.3 is 9.30 Å². The van der Waals surface area contributed by atoms with Crippen LogP contribution in [0.25, 0.3) is 5.65 Å². The van der Waals surface area contributed by atoms with Crippen molar-refractivity contribution >= 4 is 17.2 Å². The number of benzene rings is 1. The number of aryl methyl sites for hydroxylation is 2. The molecule has 0 unspecified atom stereocenters. The molecule has 118 valence electrons. The van der Waals surface area contributed by atoms with E-state index < -0.39 is 0 Å². The van der Waals surface area contributed by atoms with Gasteiger partial charge in [0.1, 0.15) is 5.65 Å². The first-order valence-corrected chi connectivity index (χ1v) is 7.88. The molecule has 0 bridgehead atoms. The zero-order chi connectivity index (χ0) is 16.4. The van der Waals surface area contributed by atoms with Gasteiger partial charge in [-0.05, 0) is 50.1 Å². The van der Waals surface area contributed by atoms with Gasteiger partial charge in [0.15, 0.2) is 0 Å². The topological polar surface area (TPSA) is 37.6 Å². The van der Waals surface area contributed by atoms with E-state index in [2.05, 4.69) is 4.98 Å². The minimum atomic E-state index is 0.0687. The van der Waals surface area contributed by atoms with E-state index in [1.807, 2.05) is 78.9 Å². The number of hydrogen-bond acceptors (Lipinski definition) is 2. The van der Waals surface area contributed by atoms with Gasteiger partial charge in [-0.25, -0.2) is 4.98 Å². The minimum Gasteiger partial charge on any atom is -0.312 e. The van der Waals surface area contributed by atoms with Crippen LogP contribution < -0.4 is 4.90 Å². The fourth-order valence-electron chi connectivity index (χ4n) is 2.84. The van der Waals surface area contributed by atoms with E-state index in [1.54, 1.807) is 0 Å². The summed E-state index contributed by atoms with van der Waals surface area (Å²) in [6.07, 6.45) is 4.20. The smallest absolute Gasteiger partial charge is 0.233 e. The van der Waals surface area contributed by atoms with Crippen molar-refractivity contribution in [2.24, 2.45) is 0 Å². The quantitative estimate of drug-likeness (QED) is 0.739. The van der Waals surface area contributed by atoms with Crippen LogP contribution in [0.5, 0.6) is 0 Å². The van der Waals surface area contributed by atoms with Gasteiger partial charge in [0.25, 0.3) is 0 Å². The molecule has 0 N–H and O–H groups in total. The van der Waals surface area contributed by atoms with Gasteiger partial charge in [-0.1, -0.05) is 18.2 Å². The average molecular weight is 307 g/mol. The normalized spacial score (nSPS) is 10.9. The predicted octanol–water partition coefficient (Wildman–Crippen LogP) is 3.55. The number of carbonyl (C=O) groups is 1. The number of anilines is 1. The summed E-state index contributed by atoms with van der Waals surface area (Å²) in [4.78, 5) is 19.1. The lowest BCUT2D eigenvalue weighted by Crippen LogP contribution is -2.32. The number of amides is 1. The number of rotatable bonds is 4. The Kier molecular flexibility index (Phi) is 4.15. The highest BCUT2D eigenvalue weighted by Gasteiger charge is 2.16. The first-order chi connectivity index (χ1) is 11.1. The third-order valence-electron chi connectivity index (χ3n) is 3.99. The second-order valence-electron chi connectivity index (χ2n) is 5.81. The van der Waals surface area contributed by atoms with Gasteiger partial charge in [0.05, 0.1) is 12.1 Å². The Bertz CT molecular complexity index is 851. The van der Waals surface area contributed by atoms with E-state index in [-0.39, 0.29) is 5.91 Å². The second kappa shape index (κ2) is 6.24. The Hall–Kier alpha value is -2.62. The van der Waals surface area contributed by atoms with E-state index in [1.165, 1.54) is 0 Å². The zero-order valence-corrected chi connectivity index (χ0v) is 13.8. The van der Waals surface area contributed by atoms with Crippen molar-refractivity contribution in [3.63, 3.8) is 0 Å². The van der Waals surface area contributed by atoms with Gasteiger partial charge in [-0.15, -0.1) is 0 Å². The summed E-state index contributed by atoms with van der Waals surface area (Å²) in [5.41, 5.74) is 4.91. The van der Waals surface area contributed by atoms with Crippen molar-refractivity contribution in [1.29, 1.82) is 0 Å². The van der Waals surface area contributed by atoms with Gasteiger partial charge in [0.2, 0.25) is 5.91 Å². The standard InChI is InChI=1S/C19H21N3O/c1-4-22(17-9-5-7-14(2)11-17)18(23)12-16-13-21-10-6-8-15(3)19(21)20-16/h5-11,13H,4,12H2,1-3H3. The Balaban J connectivity index is 1.85. The van der Waals surface area contributed by atoms with Crippen molar-refractivity contribution in [2.75, 3.05) is 11.4 Å². The van der Waals surface area contributed by atoms with Gasteiger partial charge >= 0.3 is 0 Å². The summed E-state index contributed by atoms with van der Waals surface area (Å²) in [5.74, 6) is 0.0687. The van der Waals surface area contributed by atoms with Gasteiger partial charge in [0, 0.05) is 24.6 Å². The van der Waals surface area contributed by atoms with E-state index in [0.29, 0.717) is 13.0 Å². The number of pyridine rings is 1. The molecular formula is C19H21N3O. The highest BCUT2D eigenvalue weighted by atomic mass is 16.2. The molecule has 0 radical (unpaired) electrons. The molecule has 1 aromatic carbocycles. The third-order valence-corrected chi connectivity index (χ3v) is 3.99. The highest BCUT2D eigenvalue weighted by molar-refractivity contribution is 5.94. The molecule has 0 saturated carbocycles. The average Bonchev–Trinajstić information content (AvgIpc) is 2.92. The van der Waals surface area contributed by atoms with Crippen molar-refractivity contribution in [3.8, 4) is 0 Å². The van der Waals surface area contributed by atoms with Gasteiger partial charge in [-0.3, -0.25) is 4.79 Å². The van der Waals surface area contributed by atoms with E-state index in [4.69, 9.17) is 0 Å². The third kappa shape index (κ3) is 3.11. The SMILES string of the molecule is CCN(C(=O)Cc1cn2cccc(C)c2n1)c1cccc(C)c1. The molecule has 0 saturated heterocycles. The maximum atomic E-state index is 12.7. The lowest BCUT2D eigenvalue weighted by Gasteiger charge is -2.21. The van der Waals surface area contributed by atoms with Crippen LogP contribution in [-0.2, 0) is 11.2 Å². The van der Waals surface area contributed by atoms with Crippen molar-refractivity contribution in [3.05, 3.63) is 65.6 Å². The van der Waals surface area contributed by atoms with Crippen LogP contribution in [0.1, 0.15) is 23.7 Å². The molecule has 3 rings (SSSR count). The molecule has 4 heteroatoms. The molecule has 3 aromatic rings. The van der Waals surface area contributed by atoms with Crippen LogP contribution in [0.15, 0.2) is 48.8 Å². The lowest BCUT2D eigenvalue weighted by molar-refractivity contribution is -0.118. The maximum absolute atomic E-state index is 12.7. The lowest BCUT2D eigenvalue weighted by atomic mass is 10.2. The molecule has 4 nitrogen and oxygen atoms in total. The molecule has 0 aliphatic carbocycles. The molecule has 0 spiro atoms. The van der Waals surface area contributed by atoms with Crippen LogP contribution in [0.3, 0.4) is 0 Å². The molecule has 1 amide bonds. The largest absolute Gasteiger partial charge is 0.312 e. The Morgan fingerprint density at radius 1 is 1.22 bits per heavy atom. The second-order valence-corrected chi connectivity index (χ2v) is 5.81. The summed E-state index contributed by atoms with van der Waals surface area (Å²) in [6, 6.07) is 12.0. The molecule has 0 aliphatic rings. The monoisotopic (exact) mass is 307 g/mol. The first-order valence-electron chi connectivity index (χ1n) is 7.88. The molecule has 23 heavy (non-hydrogen) atoms. The molecule has 0 aliphatic heterocycles. The maximum Gasteiger partial charge on any atom is 0.233 e. The summed E-state index contributed by atoms with van der Waals surface area (Å²) in [5, 5.41) is 0. The number of hydrogen-bond donors (Lipinski definition) is 0. The Labute approximate surface area is 136 Å². The number of fused-ring (bicyclic) bond motifs is 1. The van der Waals surface area contributed by atoms with E-state index in [0.717, 1.165) is 28.2 Å². The molecule has 0 fully saturated rings. The zero-order valence-electron chi connectivity index (χ0n) is 13.8. The van der Waals surface area contributed by atoms with Crippen LogP contribution in [0.2, 0.25) is 0 Å². The fraction of sp³-hybridized carbons (Fsp3) is 0.263. The number of carbonyl (C=O) groups excluding carboxylic acids is 1. The molecular weight excluding hydrogens is 286 g/mol. The van der Waals surface area contributed by atoms with Crippen LogP contribution in [-0.4, -0.2) is 21.8 Å². The summed E-state index contributed by atoms with van der Waals surface area (Å²) >= 11 is 0. The van der Waals surface area contributed by atoms with E-state index >= 15 is 0 Å². The van der Waals surface area contributed by atoms with Crippen molar-refractivity contribution < 1.29 is 4.79 Å². The summed E-state index contributed by atoms with van der Waals surface area (Å²) in [6.45, 7) is 6.70. The summed E-state index contributed by atoms with van der Waals surface area (Å²) < 4.78 is 1.97. The molecule has 2 aromatic heterocycles. The highest BCUT2D eigenvalue weighted by Crippen LogP contribution is 2.18. The van der Waals surface area contributed by atoms with Crippen molar-refractivity contribution in [2.45, 2.75) is 27.2 Å². The number of imidazole rings is 1. The van der Waals surface area contributed by atoms with Crippen molar-refractivity contribution in [1.82, 2.24) is 9.38 Å². The Morgan fingerprint density at radius 3 is 2.74 bits per heavy atom. The van der Waals surface area contributed by atoms with Crippen LogP contribution in [0, 0.1) is 13.8 Å². The van der Waals surface area contributed by atoms with E-state index in [9.17, 15) is 4.79 Å². The number of nitrogens with zero attached hydrogens (tertiary/aromatic N) is 3. The van der Waals surface area contributed by atoms with Crippen LogP contribution in [0.4, 0.5) is 5.69 Å². The number of likely N-dealkylation sites (N-methyl/N-ethyl adjacent to an activating group) is 1. The minimum absolute atomic E-state index is 0.0687. The Morgan fingerprint density at radius 2 is 2.04 bits per heavy atom. The number of aromatic nitrogens is 2. The summed E-state index contributed by atoms with van der Waals surface area (Å²) in [7, 11) is 0. The first kappa shape index (κ1) is 15.3. The van der Waals surface area contributed by atoms with Gasteiger partial charge in [-0.2, -0.15) is 0 Å². The fourth-order valence-corrected chi connectivity index (χ4v) is 2.84. The molecule has 2 heterocycles. The van der Waals surface area contributed by atoms with Crippen LogP contribution >= 0.6 is 0 Å². The molecule has 0 atom stereocenters. The predicted molar refractivity (Wildman–Crippen MR) is 92.8 cm³/mol.